The van der Waals surface area contributed by atoms with Gasteiger partial charge in [-0.3, -0.25) is 4.79 Å². The fourth-order valence-electron chi connectivity index (χ4n) is 3.73. The first-order valence-electron chi connectivity index (χ1n) is 9.08. The Bertz CT molecular complexity index is 764. The second kappa shape index (κ2) is 8.00. The van der Waals surface area contributed by atoms with Crippen molar-refractivity contribution in [2.45, 2.75) is 56.2 Å². The highest BCUT2D eigenvalue weighted by atomic mass is 32.2. The van der Waals surface area contributed by atoms with Crippen molar-refractivity contribution in [2.75, 3.05) is 13.1 Å². The van der Waals surface area contributed by atoms with E-state index in [1.807, 2.05) is 0 Å². The summed E-state index contributed by atoms with van der Waals surface area (Å²) in [6, 6.07) is 3.38. The number of nitrogens with zero attached hydrogens (tertiary/aromatic N) is 1. The van der Waals surface area contributed by atoms with Crippen LogP contribution in [0, 0.1) is 11.6 Å². The monoisotopic (exact) mass is 386 g/mol. The maximum atomic E-state index is 13.3. The van der Waals surface area contributed by atoms with Gasteiger partial charge in [-0.15, -0.1) is 0 Å². The summed E-state index contributed by atoms with van der Waals surface area (Å²) >= 11 is 0. The fraction of sp³-hybridized carbons (Fsp3) is 0.611. The molecule has 1 unspecified atom stereocenters. The highest BCUT2D eigenvalue weighted by Crippen LogP contribution is 2.22. The number of rotatable bonds is 5. The van der Waals surface area contributed by atoms with Crippen molar-refractivity contribution in [1.29, 1.82) is 0 Å². The molecule has 0 bridgehead atoms. The van der Waals surface area contributed by atoms with Crippen LogP contribution in [0.5, 0.6) is 0 Å². The predicted molar refractivity (Wildman–Crippen MR) is 94.0 cm³/mol. The molecule has 144 valence electrons. The SMILES string of the molecule is O=C(Cc1ccc(F)c(F)c1)N1CCCC(S(=O)(=O)NC2CCCC2)C1. The van der Waals surface area contributed by atoms with Gasteiger partial charge in [0.05, 0.1) is 11.7 Å². The molecular weight excluding hydrogens is 362 g/mol. The minimum Gasteiger partial charge on any atom is -0.341 e. The summed E-state index contributed by atoms with van der Waals surface area (Å²) in [5, 5.41) is -0.620. The molecule has 1 saturated carbocycles. The quantitative estimate of drug-likeness (QED) is 0.845. The molecule has 0 spiro atoms. The van der Waals surface area contributed by atoms with E-state index in [1.165, 1.54) is 11.0 Å². The summed E-state index contributed by atoms with van der Waals surface area (Å²) in [6.45, 7) is 0.628. The molecule has 0 radical (unpaired) electrons. The summed E-state index contributed by atoms with van der Waals surface area (Å²) in [6.07, 6.45) is 4.87. The Balaban J connectivity index is 1.61. The van der Waals surface area contributed by atoms with Crippen LogP contribution in [0.15, 0.2) is 18.2 Å². The first kappa shape index (κ1) is 19.2. The van der Waals surface area contributed by atoms with Gasteiger partial charge in [-0.2, -0.15) is 0 Å². The molecule has 3 rings (SSSR count). The number of halogens is 2. The lowest BCUT2D eigenvalue weighted by Gasteiger charge is -2.33. The van der Waals surface area contributed by atoms with Gasteiger partial charge in [0.25, 0.3) is 0 Å². The molecule has 2 aliphatic rings. The van der Waals surface area contributed by atoms with E-state index in [-0.39, 0.29) is 24.9 Å². The van der Waals surface area contributed by atoms with E-state index in [4.69, 9.17) is 0 Å². The molecule has 8 heteroatoms. The van der Waals surface area contributed by atoms with Gasteiger partial charge < -0.3 is 4.90 Å². The van der Waals surface area contributed by atoms with Crippen LogP contribution in [0.3, 0.4) is 0 Å². The highest BCUT2D eigenvalue weighted by Gasteiger charge is 2.34. The standard InChI is InChI=1S/C18H24F2N2O3S/c19-16-8-7-13(10-17(16)20)11-18(23)22-9-3-6-15(12-22)26(24,25)21-14-4-1-2-5-14/h7-8,10,14-15,21H,1-6,9,11-12H2. The van der Waals surface area contributed by atoms with Crippen LogP contribution >= 0.6 is 0 Å². The van der Waals surface area contributed by atoms with Crippen molar-refractivity contribution in [2.24, 2.45) is 0 Å². The molecule has 0 aromatic heterocycles. The largest absolute Gasteiger partial charge is 0.341 e. The van der Waals surface area contributed by atoms with Crippen LogP contribution in [0.1, 0.15) is 44.1 Å². The Morgan fingerprint density at radius 2 is 1.85 bits per heavy atom. The Labute approximate surface area is 152 Å². The smallest absolute Gasteiger partial charge is 0.227 e. The predicted octanol–water partition coefficient (Wildman–Crippen LogP) is 2.36. The van der Waals surface area contributed by atoms with Crippen molar-refractivity contribution < 1.29 is 22.0 Å². The molecule has 1 aromatic carbocycles. The van der Waals surface area contributed by atoms with Crippen molar-refractivity contribution in [3.8, 4) is 0 Å². The third-order valence-corrected chi connectivity index (χ3v) is 7.12. The van der Waals surface area contributed by atoms with Gasteiger partial charge in [0.15, 0.2) is 11.6 Å². The van der Waals surface area contributed by atoms with Gasteiger partial charge in [-0.1, -0.05) is 18.9 Å². The molecule has 5 nitrogen and oxygen atoms in total. The molecule has 26 heavy (non-hydrogen) atoms. The summed E-state index contributed by atoms with van der Waals surface area (Å²) in [5.74, 6) is -2.21. The molecule has 1 amide bonds. The number of amides is 1. The first-order valence-corrected chi connectivity index (χ1v) is 10.6. The lowest BCUT2D eigenvalue weighted by atomic mass is 10.1. The summed E-state index contributed by atoms with van der Waals surface area (Å²) in [7, 11) is -3.47. The van der Waals surface area contributed by atoms with E-state index in [9.17, 15) is 22.0 Å². The summed E-state index contributed by atoms with van der Waals surface area (Å²) in [4.78, 5) is 14.0. The van der Waals surface area contributed by atoms with Gasteiger partial charge in [0, 0.05) is 19.1 Å². The van der Waals surface area contributed by atoms with Crippen molar-refractivity contribution in [3.63, 3.8) is 0 Å². The average Bonchev–Trinajstić information content (AvgIpc) is 3.10. The average molecular weight is 386 g/mol. The van der Waals surface area contributed by atoms with Gasteiger partial charge in [-0.05, 0) is 43.4 Å². The van der Waals surface area contributed by atoms with Crippen LogP contribution in [-0.2, 0) is 21.2 Å². The lowest BCUT2D eigenvalue weighted by Crippen LogP contribution is -2.50. The van der Waals surface area contributed by atoms with E-state index in [0.29, 0.717) is 24.9 Å². The van der Waals surface area contributed by atoms with Gasteiger partial charge >= 0.3 is 0 Å². The van der Waals surface area contributed by atoms with Crippen LogP contribution in [0.25, 0.3) is 0 Å². The Kier molecular flexibility index (Phi) is 5.92. The normalized spacial score (nSPS) is 21.9. The van der Waals surface area contributed by atoms with Gasteiger partial charge in [-0.25, -0.2) is 21.9 Å². The number of likely N-dealkylation sites (tertiary alicyclic amines) is 1. The van der Waals surface area contributed by atoms with Gasteiger partial charge in [0.1, 0.15) is 0 Å². The summed E-state index contributed by atoms with van der Waals surface area (Å²) in [5.41, 5.74) is 0.378. The minimum atomic E-state index is -3.47. The Hall–Kier alpha value is -1.54. The number of sulfonamides is 1. The number of benzene rings is 1. The maximum absolute atomic E-state index is 13.3. The zero-order chi connectivity index (χ0) is 18.7. The van der Waals surface area contributed by atoms with Crippen molar-refractivity contribution in [3.05, 3.63) is 35.4 Å². The lowest BCUT2D eigenvalue weighted by molar-refractivity contribution is -0.131. The number of hydrogen-bond donors (Lipinski definition) is 1. The number of nitrogens with one attached hydrogen (secondary N) is 1. The molecular formula is C18H24F2N2O3S. The molecule has 1 aliphatic heterocycles. The van der Waals surface area contributed by atoms with E-state index in [2.05, 4.69) is 4.72 Å². The molecule has 2 fully saturated rings. The molecule has 1 heterocycles. The first-order chi connectivity index (χ1) is 12.3. The molecule has 1 aromatic rings. The van der Waals surface area contributed by atoms with Crippen LogP contribution < -0.4 is 4.72 Å². The van der Waals surface area contributed by atoms with Crippen LogP contribution in [0.4, 0.5) is 8.78 Å². The minimum absolute atomic E-state index is 0.00766. The highest BCUT2D eigenvalue weighted by molar-refractivity contribution is 7.90. The van der Waals surface area contributed by atoms with Crippen molar-refractivity contribution in [1.82, 2.24) is 9.62 Å². The van der Waals surface area contributed by atoms with Crippen LogP contribution in [-0.4, -0.2) is 43.6 Å². The Morgan fingerprint density at radius 3 is 2.54 bits per heavy atom. The third-order valence-electron chi connectivity index (χ3n) is 5.20. The Morgan fingerprint density at radius 1 is 1.12 bits per heavy atom. The number of piperidine rings is 1. The topological polar surface area (TPSA) is 66.5 Å². The zero-order valence-corrected chi connectivity index (χ0v) is 15.4. The van der Waals surface area contributed by atoms with Crippen molar-refractivity contribution >= 4 is 15.9 Å². The van der Waals surface area contributed by atoms with E-state index in [0.717, 1.165) is 37.8 Å². The molecule has 1 atom stereocenters. The molecule has 1 aliphatic carbocycles. The third kappa shape index (κ3) is 4.59. The van der Waals surface area contributed by atoms with Gasteiger partial charge in [0.2, 0.25) is 15.9 Å². The van der Waals surface area contributed by atoms with E-state index >= 15 is 0 Å². The summed E-state index contributed by atoms with van der Waals surface area (Å²) < 4.78 is 54.3. The molecule has 1 N–H and O–H groups in total. The second-order valence-electron chi connectivity index (χ2n) is 7.17. The maximum Gasteiger partial charge on any atom is 0.227 e. The number of carbonyl (C=O) groups is 1. The zero-order valence-electron chi connectivity index (χ0n) is 14.6. The van der Waals surface area contributed by atoms with E-state index < -0.39 is 26.9 Å². The van der Waals surface area contributed by atoms with E-state index in [1.54, 1.807) is 0 Å². The number of hydrogen-bond acceptors (Lipinski definition) is 3. The molecule has 1 saturated heterocycles. The van der Waals surface area contributed by atoms with Crippen LogP contribution in [0.2, 0.25) is 0 Å². The number of carbonyl (C=O) groups excluding carboxylic acids is 1. The second-order valence-corrected chi connectivity index (χ2v) is 9.17. The fourth-order valence-corrected chi connectivity index (χ4v) is 5.47.